The first kappa shape index (κ1) is 14.3. The molecule has 0 fully saturated rings. The number of thiophene rings is 1. The summed E-state index contributed by atoms with van der Waals surface area (Å²) in [6.07, 6.45) is 0. The van der Waals surface area contributed by atoms with Crippen LogP contribution >= 0.6 is 27.3 Å². The highest BCUT2D eigenvalue weighted by Gasteiger charge is 2.19. The van der Waals surface area contributed by atoms with E-state index in [0.717, 1.165) is 14.9 Å². The second-order valence-corrected chi connectivity index (χ2v) is 6.88. The van der Waals surface area contributed by atoms with Crippen LogP contribution in [0.3, 0.4) is 0 Å². The minimum Gasteiger partial charge on any atom is -0.341 e. The highest BCUT2D eigenvalue weighted by molar-refractivity contribution is 9.11. The third kappa shape index (κ3) is 3.67. The van der Waals surface area contributed by atoms with E-state index in [1.165, 1.54) is 0 Å². The van der Waals surface area contributed by atoms with Gasteiger partial charge in [-0.1, -0.05) is 30.3 Å². The number of halogens is 1. The molecular weight excluding hydrogens is 322 g/mol. The normalized spacial score (nSPS) is 12.2. The summed E-state index contributed by atoms with van der Waals surface area (Å²) < 4.78 is 1.10. The van der Waals surface area contributed by atoms with E-state index < -0.39 is 0 Å². The van der Waals surface area contributed by atoms with Crippen LogP contribution in [0.2, 0.25) is 0 Å². The Morgan fingerprint density at radius 2 is 2.05 bits per heavy atom. The first-order valence-electron chi connectivity index (χ1n) is 6.10. The smallest absolute Gasteiger partial charge is 0.229 e. The summed E-state index contributed by atoms with van der Waals surface area (Å²) in [4.78, 5) is 14.2. The van der Waals surface area contributed by atoms with Crippen molar-refractivity contribution in [2.24, 2.45) is 0 Å². The fraction of sp³-hybridized carbons (Fsp3) is 0.267. The summed E-state index contributed by atoms with van der Waals surface area (Å²) in [5.41, 5.74) is 2.22. The first-order chi connectivity index (χ1) is 9.08. The zero-order valence-corrected chi connectivity index (χ0v) is 13.4. The number of hydrogen-bond donors (Lipinski definition) is 0. The number of nitrogens with zero attached hydrogens (tertiary/aromatic N) is 1. The van der Waals surface area contributed by atoms with Gasteiger partial charge in [-0.05, 0) is 45.4 Å². The van der Waals surface area contributed by atoms with Crippen LogP contribution in [0.1, 0.15) is 24.0 Å². The molecule has 19 heavy (non-hydrogen) atoms. The van der Waals surface area contributed by atoms with Crippen molar-refractivity contribution in [1.29, 1.82) is 0 Å². The molecule has 0 aliphatic heterocycles. The van der Waals surface area contributed by atoms with E-state index in [0.29, 0.717) is 6.54 Å². The Hall–Kier alpha value is -1.13. The molecule has 1 aromatic heterocycles. The molecule has 2 rings (SSSR count). The fourth-order valence-electron chi connectivity index (χ4n) is 2.00. The quantitative estimate of drug-likeness (QED) is 0.815. The number of rotatable bonds is 4. The lowest BCUT2D eigenvalue weighted by Gasteiger charge is -2.21. The Morgan fingerprint density at radius 3 is 2.63 bits per heavy atom. The van der Waals surface area contributed by atoms with Crippen molar-refractivity contribution in [2.45, 2.75) is 19.4 Å². The summed E-state index contributed by atoms with van der Waals surface area (Å²) >= 11 is 5.08. The zero-order valence-electron chi connectivity index (χ0n) is 11.0. The molecule has 0 saturated carbocycles. The van der Waals surface area contributed by atoms with Crippen molar-refractivity contribution in [3.8, 4) is 0 Å². The van der Waals surface area contributed by atoms with Crippen LogP contribution < -0.4 is 0 Å². The second kappa shape index (κ2) is 6.35. The molecule has 1 aromatic carbocycles. The molecule has 0 bridgehead atoms. The molecule has 0 N–H and O–H groups in total. The summed E-state index contributed by atoms with van der Waals surface area (Å²) in [7, 11) is 1.85. The lowest BCUT2D eigenvalue weighted by atomic mass is 10.00. The largest absolute Gasteiger partial charge is 0.341 e. The lowest BCUT2D eigenvalue weighted by Crippen LogP contribution is -2.30. The molecule has 100 valence electrons. The van der Waals surface area contributed by atoms with Gasteiger partial charge in [0, 0.05) is 13.6 Å². The molecule has 0 aliphatic rings. The molecular formula is C15H16BrNOS. The zero-order chi connectivity index (χ0) is 13.8. The van der Waals surface area contributed by atoms with Gasteiger partial charge in [0.2, 0.25) is 5.91 Å². The average Bonchev–Trinajstić information content (AvgIpc) is 2.83. The monoisotopic (exact) mass is 337 g/mol. The van der Waals surface area contributed by atoms with Crippen LogP contribution in [0.4, 0.5) is 0 Å². The van der Waals surface area contributed by atoms with Crippen LogP contribution in [0, 0.1) is 0 Å². The van der Waals surface area contributed by atoms with Gasteiger partial charge in [0.15, 0.2) is 0 Å². The van der Waals surface area contributed by atoms with Crippen LogP contribution in [-0.2, 0) is 11.3 Å². The van der Waals surface area contributed by atoms with Crippen LogP contribution in [0.5, 0.6) is 0 Å². The predicted octanol–water partition coefficient (Wildman–Crippen LogP) is 4.27. The third-order valence-corrected chi connectivity index (χ3v) is 4.64. The second-order valence-electron chi connectivity index (χ2n) is 4.59. The van der Waals surface area contributed by atoms with E-state index in [9.17, 15) is 4.79 Å². The number of carbonyl (C=O) groups is 1. The van der Waals surface area contributed by atoms with Gasteiger partial charge in [0.25, 0.3) is 0 Å². The Balaban J connectivity index is 2.03. The fourth-order valence-corrected chi connectivity index (χ4v) is 3.20. The van der Waals surface area contributed by atoms with Gasteiger partial charge in [-0.15, -0.1) is 11.3 Å². The van der Waals surface area contributed by atoms with Gasteiger partial charge in [0.05, 0.1) is 9.70 Å². The van der Waals surface area contributed by atoms with Crippen molar-refractivity contribution < 1.29 is 4.79 Å². The lowest BCUT2D eigenvalue weighted by molar-refractivity contribution is -0.131. The molecule has 1 amide bonds. The summed E-state index contributed by atoms with van der Waals surface area (Å²) in [5, 5.41) is 2.07. The molecule has 1 unspecified atom stereocenters. The molecule has 2 nitrogen and oxygen atoms in total. The van der Waals surface area contributed by atoms with Crippen LogP contribution in [0.15, 0.2) is 45.6 Å². The van der Waals surface area contributed by atoms with Gasteiger partial charge in [-0.3, -0.25) is 4.79 Å². The Morgan fingerprint density at radius 1 is 1.37 bits per heavy atom. The summed E-state index contributed by atoms with van der Waals surface area (Å²) in [6, 6.07) is 12.0. The highest BCUT2D eigenvalue weighted by atomic mass is 79.9. The third-order valence-electron chi connectivity index (χ3n) is 3.09. The van der Waals surface area contributed by atoms with E-state index in [1.807, 2.05) is 44.3 Å². The average molecular weight is 338 g/mol. The number of carbonyl (C=O) groups excluding carboxylic acids is 1. The number of hydrogen-bond acceptors (Lipinski definition) is 2. The van der Waals surface area contributed by atoms with E-state index in [-0.39, 0.29) is 11.8 Å². The molecule has 2 aromatic rings. The molecule has 0 saturated heterocycles. The molecule has 0 spiro atoms. The molecule has 1 atom stereocenters. The molecule has 4 heteroatoms. The van der Waals surface area contributed by atoms with Crippen molar-refractivity contribution >= 4 is 33.2 Å². The summed E-state index contributed by atoms with van der Waals surface area (Å²) in [6.45, 7) is 2.61. The van der Waals surface area contributed by atoms with Crippen molar-refractivity contribution in [3.63, 3.8) is 0 Å². The van der Waals surface area contributed by atoms with Crippen molar-refractivity contribution in [1.82, 2.24) is 4.90 Å². The SMILES string of the molecule is CC(C(=O)N(C)Cc1csc(Br)c1)c1ccccc1. The molecule has 0 radical (unpaired) electrons. The first-order valence-corrected chi connectivity index (χ1v) is 7.78. The van der Waals surface area contributed by atoms with E-state index in [2.05, 4.69) is 27.4 Å². The van der Waals surface area contributed by atoms with Crippen molar-refractivity contribution in [3.05, 3.63) is 56.7 Å². The minimum atomic E-state index is -0.103. The number of amides is 1. The number of benzene rings is 1. The Kier molecular flexibility index (Phi) is 4.77. The van der Waals surface area contributed by atoms with Gasteiger partial charge in [-0.2, -0.15) is 0 Å². The maximum absolute atomic E-state index is 12.4. The molecule has 0 aliphatic carbocycles. The summed E-state index contributed by atoms with van der Waals surface area (Å²) in [5.74, 6) is 0.0433. The maximum Gasteiger partial charge on any atom is 0.229 e. The van der Waals surface area contributed by atoms with Crippen LogP contribution in [0.25, 0.3) is 0 Å². The Labute approximate surface area is 126 Å². The Bertz CT molecular complexity index is 552. The predicted molar refractivity (Wildman–Crippen MR) is 83.4 cm³/mol. The maximum atomic E-state index is 12.4. The van der Waals surface area contributed by atoms with Gasteiger partial charge >= 0.3 is 0 Å². The van der Waals surface area contributed by atoms with Gasteiger partial charge < -0.3 is 4.90 Å². The highest BCUT2D eigenvalue weighted by Crippen LogP contribution is 2.23. The number of likely N-dealkylation sites (N-methyl/N-ethyl adjacent to an activating group) is 1. The minimum absolute atomic E-state index is 0.103. The van der Waals surface area contributed by atoms with E-state index >= 15 is 0 Å². The standard InChI is InChI=1S/C15H16BrNOS/c1-11(13-6-4-3-5-7-13)15(18)17(2)9-12-8-14(16)19-10-12/h3-8,10-11H,9H2,1-2H3. The van der Waals surface area contributed by atoms with Crippen molar-refractivity contribution in [2.75, 3.05) is 7.05 Å². The van der Waals surface area contributed by atoms with E-state index in [4.69, 9.17) is 0 Å². The van der Waals surface area contributed by atoms with Crippen LogP contribution in [-0.4, -0.2) is 17.9 Å². The molecule has 1 heterocycles. The van der Waals surface area contributed by atoms with Gasteiger partial charge in [-0.25, -0.2) is 0 Å². The van der Waals surface area contributed by atoms with E-state index in [1.54, 1.807) is 16.2 Å². The topological polar surface area (TPSA) is 20.3 Å². The van der Waals surface area contributed by atoms with Gasteiger partial charge in [0.1, 0.15) is 0 Å².